The van der Waals surface area contributed by atoms with Crippen LogP contribution in [0.4, 0.5) is 11.6 Å². The molecule has 1 aromatic heterocycles. The summed E-state index contributed by atoms with van der Waals surface area (Å²) in [5, 5.41) is 6.77. The number of benzene rings is 1. The van der Waals surface area contributed by atoms with E-state index in [4.69, 9.17) is 11.6 Å². The number of aryl methyl sites for hydroxylation is 2. The normalized spacial score (nSPS) is 11.5. The van der Waals surface area contributed by atoms with E-state index in [0.717, 1.165) is 35.4 Å². The number of anilines is 2. The van der Waals surface area contributed by atoms with Crippen LogP contribution in [0.1, 0.15) is 48.6 Å². The molecule has 1 aliphatic rings. The lowest BCUT2D eigenvalue weighted by molar-refractivity contribution is -0.107. The van der Waals surface area contributed by atoms with Crippen LogP contribution in [-0.4, -0.2) is 56.4 Å². The molecule has 0 radical (unpaired) electrons. The summed E-state index contributed by atoms with van der Waals surface area (Å²) in [5.74, 6) is 0.487. The number of rotatable bonds is 8. The molecular formula is C31H45BrClN5O. The Labute approximate surface area is 249 Å². The number of unbranched alkanes of at least 4 members (excludes halogenated alkanes) is 1. The fourth-order valence-electron chi connectivity index (χ4n) is 3.04. The van der Waals surface area contributed by atoms with E-state index in [1.54, 1.807) is 6.20 Å². The number of carbonyl (C=O) groups is 1. The predicted molar refractivity (Wildman–Crippen MR) is 174 cm³/mol. The number of nitrogens with zero attached hydrogens (tertiary/aromatic N) is 3. The van der Waals surface area contributed by atoms with Crippen molar-refractivity contribution in [2.24, 2.45) is 0 Å². The van der Waals surface area contributed by atoms with Gasteiger partial charge in [-0.05, 0) is 113 Å². The van der Waals surface area contributed by atoms with Gasteiger partial charge in [0.25, 0.3) is 0 Å². The third-order valence-electron chi connectivity index (χ3n) is 4.76. The Balaban J connectivity index is 0.000000785. The zero-order valence-corrected chi connectivity index (χ0v) is 26.9. The van der Waals surface area contributed by atoms with Gasteiger partial charge in [0.1, 0.15) is 6.29 Å². The summed E-state index contributed by atoms with van der Waals surface area (Å²) in [5.41, 5.74) is 4.98. The molecular weight excluding hydrogens is 574 g/mol. The highest BCUT2D eigenvalue weighted by Crippen LogP contribution is 2.24. The van der Waals surface area contributed by atoms with Gasteiger partial charge in [-0.25, -0.2) is 9.97 Å². The molecule has 2 aromatic rings. The third-order valence-corrected chi connectivity index (χ3v) is 5.39. The summed E-state index contributed by atoms with van der Waals surface area (Å²) in [7, 11) is 9.75. The molecule has 1 heterocycles. The van der Waals surface area contributed by atoms with Crippen LogP contribution < -0.4 is 10.6 Å². The molecule has 0 saturated heterocycles. The molecule has 1 aromatic carbocycles. The van der Waals surface area contributed by atoms with Gasteiger partial charge in [0, 0.05) is 33.4 Å². The number of carbonyl (C=O) groups excluding carboxylic acids is 1. The molecule has 1 aliphatic carbocycles. The number of aldehydes is 1. The Bertz CT molecular complexity index is 1090. The second-order valence-electron chi connectivity index (χ2n) is 9.17. The van der Waals surface area contributed by atoms with Crippen molar-refractivity contribution in [3.8, 4) is 0 Å². The van der Waals surface area contributed by atoms with Crippen molar-refractivity contribution in [1.29, 1.82) is 0 Å². The van der Waals surface area contributed by atoms with Crippen LogP contribution in [0.5, 0.6) is 0 Å². The maximum Gasteiger partial charge on any atom is 0.227 e. The Morgan fingerprint density at radius 1 is 1.21 bits per heavy atom. The number of allylic oxidation sites excluding steroid dienone is 6. The van der Waals surface area contributed by atoms with Gasteiger partial charge in [0.15, 0.2) is 0 Å². The number of hydrogen-bond donors (Lipinski definition) is 2. The number of hydrogen-bond acceptors (Lipinski definition) is 6. The SMILES string of the molecule is C=C(Br)c1nc(Nc2ccc(CCCC)c(C)c2)ncc1CC=O.CN(C)C.CNC.ClC1=CC=CCC=C1. The number of aromatic nitrogens is 2. The van der Waals surface area contributed by atoms with Gasteiger partial charge in [-0.15, -0.1) is 0 Å². The fraction of sp³-hybridized carbons (Fsp3) is 0.387. The van der Waals surface area contributed by atoms with Gasteiger partial charge < -0.3 is 20.3 Å². The molecule has 8 heteroatoms. The molecule has 39 heavy (non-hydrogen) atoms. The largest absolute Gasteiger partial charge is 0.324 e. The first-order valence-electron chi connectivity index (χ1n) is 13.0. The Morgan fingerprint density at radius 3 is 2.44 bits per heavy atom. The monoisotopic (exact) mass is 617 g/mol. The standard InChI is InChI=1S/C19H22BrN3O.C7H7Cl.C3H9N.C2H7N/c1-4-5-6-15-7-8-17(11-13(15)2)22-19-21-12-16(9-10-24)18(23-19)14(3)20;8-7-5-3-1-2-4-6-7;1-4(2)3;1-3-2/h7-8,10-12H,3-6,9H2,1-2H3,(H,21,22,23);1,3-6H,2H2;1-3H3;3H,1-2H3. The Hall–Kier alpha value is -2.58. The first kappa shape index (κ1) is 36.4. The molecule has 0 fully saturated rings. The lowest BCUT2D eigenvalue weighted by atomic mass is 10.0. The maximum absolute atomic E-state index is 10.8. The molecule has 0 saturated carbocycles. The molecule has 214 valence electrons. The molecule has 0 bridgehead atoms. The van der Waals surface area contributed by atoms with E-state index in [1.165, 1.54) is 24.0 Å². The van der Waals surface area contributed by atoms with Gasteiger partial charge >= 0.3 is 0 Å². The van der Waals surface area contributed by atoms with E-state index in [9.17, 15) is 4.79 Å². The third kappa shape index (κ3) is 17.6. The summed E-state index contributed by atoms with van der Waals surface area (Å²) in [6.07, 6.45) is 17.1. The van der Waals surface area contributed by atoms with Crippen LogP contribution in [0.25, 0.3) is 4.48 Å². The average Bonchev–Trinajstić information content (AvgIpc) is 3.12. The van der Waals surface area contributed by atoms with Crippen molar-refractivity contribution in [1.82, 2.24) is 20.2 Å². The Kier molecular flexibility index (Phi) is 20.8. The minimum atomic E-state index is 0.269. The van der Waals surface area contributed by atoms with Gasteiger partial charge in [0.2, 0.25) is 5.95 Å². The minimum Gasteiger partial charge on any atom is -0.324 e. The van der Waals surface area contributed by atoms with E-state index in [2.05, 4.69) is 75.2 Å². The van der Waals surface area contributed by atoms with E-state index in [0.29, 0.717) is 16.1 Å². The van der Waals surface area contributed by atoms with Crippen LogP contribution in [0, 0.1) is 6.92 Å². The second-order valence-corrected chi connectivity index (χ2v) is 10.6. The highest BCUT2D eigenvalue weighted by atomic mass is 79.9. The lowest BCUT2D eigenvalue weighted by Crippen LogP contribution is -2.03. The fourth-order valence-corrected chi connectivity index (χ4v) is 3.55. The molecule has 0 spiro atoms. The first-order chi connectivity index (χ1) is 18.6. The molecule has 0 unspecified atom stereocenters. The summed E-state index contributed by atoms with van der Waals surface area (Å²) in [4.78, 5) is 21.5. The molecule has 3 rings (SSSR count). The van der Waals surface area contributed by atoms with E-state index < -0.39 is 0 Å². The number of nitrogens with one attached hydrogen (secondary N) is 2. The highest BCUT2D eigenvalue weighted by molar-refractivity contribution is 9.15. The first-order valence-corrected chi connectivity index (χ1v) is 14.2. The van der Waals surface area contributed by atoms with Gasteiger partial charge in [0.05, 0.1) is 5.69 Å². The van der Waals surface area contributed by atoms with E-state index >= 15 is 0 Å². The smallest absolute Gasteiger partial charge is 0.227 e. The molecule has 6 nitrogen and oxygen atoms in total. The topological polar surface area (TPSA) is 70.2 Å². The van der Waals surface area contributed by atoms with E-state index in [-0.39, 0.29) is 6.42 Å². The van der Waals surface area contributed by atoms with Crippen LogP contribution in [0.15, 0.2) is 66.4 Å². The van der Waals surface area contributed by atoms with Crippen molar-refractivity contribution in [2.45, 2.75) is 46.0 Å². The quantitative estimate of drug-likeness (QED) is 0.297. The van der Waals surface area contributed by atoms with Crippen LogP contribution in [0.3, 0.4) is 0 Å². The lowest BCUT2D eigenvalue weighted by Gasteiger charge is -2.11. The van der Waals surface area contributed by atoms with Crippen molar-refractivity contribution in [3.63, 3.8) is 0 Å². The van der Waals surface area contributed by atoms with Crippen molar-refractivity contribution >= 4 is 49.9 Å². The van der Waals surface area contributed by atoms with Gasteiger partial charge in [-0.1, -0.05) is 55.8 Å². The molecule has 0 aliphatic heterocycles. The minimum absolute atomic E-state index is 0.269. The highest BCUT2D eigenvalue weighted by Gasteiger charge is 2.09. The maximum atomic E-state index is 10.8. The summed E-state index contributed by atoms with van der Waals surface area (Å²) >= 11 is 8.98. The van der Waals surface area contributed by atoms with Crippen LogP contribution in [-0.2, 0) is 17.6 Å². The number of halogens is 2. The van der Waals surface area contributed by atoms with Gasteiger partial charge in [-0.3, -0.25) is 0 Å². The van der Waals surface area contributed by atoms with Crippen LogP contribution in [0.2, 0.25) is 0 Å². The summed E-state index contributed by atoms with van der Waals surface area (Å²) in [6, 6.07) is 6.30. The second kappa shape index (κ2) is 22.3. The predicted octanol–water partition coefficient (Wildman–Crippen LogP) is 7.62. The van der Waals surface area contributed by atoms with Crippen molar-refractivity contribution < 1.29 is 4.79 Å². The van der Waals surface area contributed by atoms with Crippen molar-refractivity contribution in [2.75, 3.05) is 40.6 Å². The summed E-state index contributed by atoms with van der Waals surface area (Å²) in [6.45, 7) is 8.17. The molecule has 0 atom stereocenters. The molecule has 2 N–H and O–H groups in total. The Morgan fingerprint density at radius 2 is 1.87 bits per heavy atom. The van der Waals surface area contributed by atoms with E-state index in [1.807, 2.05) is 70.5 Å². The summed E-state index contributed by atoms with van der Waals surface area (Å²) < 4.78 is 0.635. The molecule has 0 amide bonds. The van der Waals surface area contributed by atoms with Gasteiger partial charge in [-0.2, -0.15) is 0 Å². The van der Waals surface area contributed by atoms with Crippen LogP contribution >= 0.6 is 27.5 Å². The zero-order valence-electron chi connectivity index (χ0n) is 24.5. The average molecular weight is 619 g/mol. The van der Waals surface area contributed by atoms with Crippen molar-refractivity contribution in [3.05, 3.63) is 88.8 Å². The zero-order chi connectivity index (χ0) is 29.6.